The van der Waals surface area contributed by atoms with Crippen LogP contribution in [0, 0.1) is 5.82 Å². The third-order valence-electron chi connectivity index (χ3n) is 4.50. The van der Waals surface area contributed by atoms with E-state index in [-0.39, 0.29) is 22.7 Å². The number of carbonyl (C=O) groups excluding carboxylic acids is 1. The second-order valence-corrected chi connectivity index (χ2v) is 7.77. The molecule has 2 aromatic carbocycles. The molecule has 1 aliphatic rings. The molecule has 1 amide bonds. The zero-order valence-corrected chi connectivity index (χ0v) is 17.5. The smallest absolute Gasteiger partial charge is 0.268 e. The van der Waals surface area contributed by atoms with Gasteiger partial charge in [0.1, 0.15) is 5.82 Å². The van der Waals surface area contributed by atoms with Gasteiger partial charge in [-0.15, -0.1) is 0 Å². The van der Waals surface area contributed by atoms with Crippen molar-refractivity contribution in [2.24, 2.45) is 5.16 Å². The van der Waals surface area contributed by atoms with Crippen LogP contribution >= 0.6 is 34.8 Å². The topological polar surface area (TPSA) is 68.5 Å². The van der Waals surface area contributed by atoms with Crippen molar-refractivity contribution in [3.63, 3.8) is 0 Å². The first kappa shape index (κ1) is 20.7. The second-order valence-electron chi connectivity index (χ2n) is 6.55. The summed E-state index contributed by atoms with van der Waals surface area (Å²) in [6.45, 7) is 0.341. The summed E-state index contributed by atoms with van der Waals surface area (Å²) in [5.41, 5.74) is 1.60. The van der Waals surface area contributed by atoms with E-state index in [1.807, 2.05) is 0 Å². The molecule has 0 spiro atoms. The molecule has 2 heterocycles. The minimum atomic E-state index is -0.906. The Bertz CT molecular complexity index is 1110. The Kier molecular flexibility index (Phi) is 5.94. The number of nitrogens with zero attached hydrogens (tertiary/aromatic N) is 3. The van der Waals surface area contributed by atoms with Crippen LogP contribution in [0.25, 0.3) is 0 Å². The summed E-state index contributed by atoms with van der Waals surface area (Å²) >= 11 is 18.4. The van der Waals surface area contributed by atoms with E-state index in [0.29, 0.717) is 22.3 Å². The van der Waals surface area contributed by atoms with Crippen LogP contribution in [0.4, 0.5) is 10.1 Å². The average Bonchev–Trinajstić information content (AvgIpc) is 3.35. The van der Waals surface area contributed by atoms with Crippen LogP contribution in [0.3, 0.4) is 0 Å². The van der Waals surface area contributed by atoms with Crippen LogP contribution in [-0.2, 0) is 16.2 Å². The number of hydrogen-bond acceptors (Lipinski definition) is 4. The maximum atomic E-state index is 14.1. The van der Waals surface area contributed by atoms with Gasteiger partial charge in [0.15, 0.2) is 0 Å². The van der Waals surface area contributed by atoms with Crippen LogP contribution in [0.5, 0.6) is 0 Å². The number of benzene rings is 2. The fourth-order valence-electron chi connectivity index (χ4n) is 3.02. The van der Waals surface area contributed by atoms with Crippen molar-refractivity contribution in [2.75, 3.05) is 5.32 Å². The lowest BCUT2D eigenvalue weighted by molar-refractivity contribution is -0.125. The van der Waals surface area contributed by atoms with Gasteiger partial charge in [-0.3, -0.25) is 9.48 Å². The quantitative estimate of drug-likeness (QED) is 0.563. The Morgan fingerprint density at radius 1 is 1.17 bits per heavy atom. The molecular weight excluding hydrogens is 454 g/mol. The van der Waals surface area contributed by atoms with Gasteiger partial charge in [0.2, 0.25) is 6.10 Å². The van der Waals surface area contributed by atoms with E-state index in [1.54, 1.807) is 35.1 Å². The monoisotopic (exact) mass is 466 g/mol. The molecule has 3 aromatic rings. The van der Waals surface area contributed by atoms with E-state index < -0.39 is 17.8 Å². The fraction of sp³-hybridized carbons (Fsp3) is 0.150. The Hall–Kier alpha value is -2.61. The maximum Gasteiger partial charge on any atom is 0.268 e. The first-order chi connectivity index (χ1) is 14.4. The molecular formula is C20H14Cl3FN4O2. The van der Waals surface area contributed by atoms with Crippen molar-refractivity contribution in [1.82, 2.24) is 9.78 Å². The average molecular weight is 468 g/mol. The summed E-state index contributed by atoms with van der Waals surface area (Å²) in [5, 5.41) is 12.0. The number of anilines is 1. The summed E-state index contributed by atoms with van der Waals surface area (Å²) in [6, 6.07) is 9.56. The fourth-order valence-corrected chi connectivity index (χ4v) is 3.81. The lowest BCUT2D eigenvalue weighted by Gasteiger charge is -2.08. The third kappa shape index (κ3) is 4.28. The highest BCUT2D eigenvalue weighted by Crippen LogP contribution is 2.27. The molecule has 0 saturated carbocycles. The first-order valence-electron chi connectivity index (χ1n) is 8.85. The van der Waals surface area contributed by atoms with E-state index >= 15 is 0 Å². The van der Waals surface area contributed by atoms with E-state index in [4.69, 9.17) is 39.6 Å². The van der Waals surface area contributed by atoms with Crippen LogP contribution < -0.4 is 5.32 Å². The molecule has 0 aliphatic carbocycles. The van der Waals surface area contributed by atoms with Gasteiger partial charge in [-0.05, 0) is 24.3 Å². The molecule has 4 rings (SSSR count). The minimum Gasteiger partial charge on any atom is -0.382 e. The molecule has 10 heteroatoms. The summed E-state index contributed by atoms with van der Waals surface area (Å²) < 4.78 is 15.7. The molecule has 0 radical (unpaired) electrons. The summed E-state index contributed by atoms with van der Waals surface area (Å²) in [5.74, 6) is -0.957. The zero-order valence-electron chi connectivity index (χ0n) is 15.3. The summed E-state index contributed by atoms with van der Waals surface area (Å²) in [6.07, 6.45) is 2.32. The summed E-state index contributed by atoms with van der Waals surface area (Å²) in [7, 11) is 0. The summed E-state index contributed by atoms with van der Waals surface area (Å²) in [4.78, 5) is 17.7. The van der Waals surface area contributed by atoms with Crippen molar-refractivity contribution < 1.29 is 14.0 Å². The standard InChI is InChI=1S/C20H14Cl3FN4O2/c21-13-3-1-4-14(22)12(13)10-28-9-11(8-25-28)26-20(29)18-7-17(27-30-18)19-15(23)5-2-6-16(19)24/h1-6,8-9,18H,7,10H2,(H,26,29). The van der Waals surface area contributed by atoms with E-state index in [2.05, 4.69) is 15.6 Å². The zero-order chi connectivity index (χ0) is 21.3. The molecule has 1 aromatic heterocycles. The molecule has 30 heavy (non-hydrogen) atoms. The number of rotatable bonds is 5. The highest BCUT2D eigenvalue weighted by Gasteiger charge is 2.31. The normalized spacial score (nSPS) is 15.6. The number of nitrogens with one attached hydrogen (secondary N) is 1. The van der Waals surface area contributed by atoms with Crippen molar-refractivity contribution >= 4 is 52.1 Å². The van der Waals surface area contributed by atoms with Gasteiger partial charge in [0, 0.05) is 28.2 Å². The van der Waals surface area contributed by atoms with Crippen LogP contribution in [-0.4, -0.2) is 27.5 Å². The highest BCUT2D eigenvalue weighted by molar-refractivity contribution is 6.36. The van der Waals surface area contributed by atoms with E-state index in [0.717, 1.165) is 5.56 Å². The van der Waals surface area contributed by atoms with Gasteiger partial charge >= 0.3 is 0 Å². The molecule has 1 N–H and O–H groups in total. The predicted octanol–water partition coefficient (Wildman–Crippen LogP) is 5.16. The highest BCUT2D eigenvalue weighted by atomic mass is 35.5. The lowest BCUT2D eigenvalue weighted by Crippen LogP contribution is -2.28. The van der Waals surface area contributed by atoms with Crippen molar-refractivity contribution in [3.8, 4) is 0 Å². The largest absolute Gasteiger partial charge is 0.382 e. The first-order valence-corrected chi connectivity index (χ1v) is 9.99. The number of amides is 1. The molecule has 1 atom stereocenters. The molecule has 154 valence electrons. The van der Waals surface area contributed by atoms with Crippen LogP contribution in [0.2, 0.25) is 15.1 Å². The van der Waals surface area contributed by atoms with Crippen LogP contribution in [0.1, 0.15) is 17.5 Å². The van der Waals surface area contributed by atoms with Gasteiger partial charge in [-0.1, -0.05) is 52.1 Å². The molecule has 0 saturated heterocycles. The Labute approximate surface area is 186 Å². The van der Waals surface area contributed by atoms with Gasteiger partial charge < -0.3 is 10.2 Å². The van der Waals surface area contributed by atoms with Gasteiger partial charge in [0.05, 0.1) is 34.7 Å². The van der Waals surface area contributed by atoms with Crippen molar-refractivity contribution in [2.45, 2.75) is 19.1 Å². The molecule has 0 bridgehead atoms. The number of oxime groups is 1. The maximum absolute atomic E-state index is 14.1. The number of halogens is 4. The molecule has 1 unspecified atom stereocenters. The Morgan fingerprint density at radius 3 is 2.60 bits per heavy atom. The molecule has 1 aliphatic heterocycles. The molecule has 6 nitrogen and oxygen atoms in total. The van der Waals surface area contributed by atoms with Crippen LogP contribution in [0.15, 0.2) is 53.9 Å². The van der Waals surface area contributed by atoms with E-state index in [9.17, 15) is 9.18 Å². The lowest BCUT2D eigenvalue weighted by atomic mass is 10.0. The number of hydrogen-bond donors (Lipinski definition) is 1. The van der Waals surface area contributed by atoms with Gasteiger partial charge in [0.25, 0.3) is 5.91 Å². The molecule has 0 fully saturated rings. The van der Waals surface area contributed by atoms with E-state index in [1.165, 1.54) is 18.3 Å². The second kappa shape index (κ2) is 8.63. The predicted molar refractivity (Wildman–Crippen MR) is 114 cm³/mol. The number of carbonyl (C=O) groups is 1. The Balaban J connectivity index is 1.40. The third-order valence-corrected chi connectivity index (χ3v) is 5.52. The van der Waals surface area contributed by atoms with Gasteiger partial charge in [-0.2, -0.15) is 5.10 Å². The van der Waals surface area contributed by atoms with Gasteiger partial charge in [-0.25, -0.2) is 4.39 Å². The SMILES string of the molecule is O=C(Nc1cnn(Cc2c(Cl)cccc2Cl)c1)C1CC(c2c(F)cccc2Cl)=NO1. The van der Waals surface area contributed by atoms with Crippen molar-refractivity contribution in [3.05, 3.63) is 80.8 Å². The number of aromatic nitrogens is 2. The van der Waals surface area contributed by atoms with Crippen molar-refractivity contribution in [1.29, 1.82) is 0 Å². The minimum absolute atomic E-state index is 0.0931. The Morgan fingerprint density at radius 2 is 1.87 bits per heavy atom.